The number of rotatable bonds is 4. The first-order chi connectivity index (χ1) is 4.76. The van der Waals surface area contributed by atoms with Crippen LogP contribution in [0.2, 0.25) is 0 Å². The molecule has 10 heavy (non-hydrogen) atoms. The van der Waals surface area contributed by atoms with Crippen molar-refractivity contribution in [1.82, 2.24) is 4.90 Å². The molecule has 0 rings (SSSR count). The number of hydrogen-bond donors (Lipinski definition) is 0. The van der Waals surface area contributed by atoms with Gasteiger partial charge in [-0.1, -0.05) is 20.4 Å². The third-order valence-corrected chi connectivity index (χ3v) is 1.75. The summed E-state index contributed by atoms with van der Waals surface area (Å²) in [6.07, 6.45) is 1.99. The summed E-state index contributed by atoms with van der Waals surface area (Å²) < 4.78 is 0. The Morgan fingerprint density at radius 3 is 2.30 bits per heavy atom. The molecule has 0 fully saturated rings. The lowest BCUT2D eigenvalue weighted by molar-refractivity contribution is 0.268. The Morgan fingerprint density at radius 1 is 1.50 bits per heavy atom. The van der Waals surface area contributed by atoms with Gasteiger partial charge in [-0.3, -0.25) is 4.90 Å². The predicted molar refractivity (Wildman–Crippen MR) is 46.1 cm³/mol. The molecule has 0 bridgehead atoms. The Balaban J connectivity index is 3.87. The maximum absolute atomic E-state index is 3.54. The summed E-state index contributed by atoms with van der Waals surface area (Å²) in [5.41, 5.74) is 2.80. The smallest absolute Gasteiger partial charge is 0.0323 e. The summed E-state index contributed by atoms with van der Waals surface area (Å²) in [4.78, 5) is 2.35. The second-order valence-corrected chi connectivity index (χ2v) is 2.33. The van der Waals surface area contributed by atoms with Crippen LogP contribution in [0.15, 0.2) is 18.4 Å². The molecule has 1 nitrogen and oxygen atoms in total. The lowest BCUT2D eigenvalue weighted by atomic mass is 10.3. The van der Waals surface area contributed by atoms with E-state index in [1.807, 2.05) is 6.08 Å². The molecule has 0 N–H and O–H groups in total. The van der Waals surface area contributed by atoms with E-state index in [9.17, 15) is 0 Å². The molecule has 0 aliphatic rings. The van der Waals surface area contributed by atoms with Crippen LogP contribution in [0.3, 0.4) is 0 Å². The minimum Gasteiger partial charge on any atom is -0.297 e. The van der Waals surface area contributed by atoms with Gasteiger partial charge in [0.2, 0.25) is 0 Å². The third-order valence-electron chi connectivity index (χ3n) is 1.75. The molecule has 0 spiro atoms. The number of hydrogen-bond acceptors (Lipinski definition) is 1. The highest BCUT2D eigenvalue weighted by Crippen LogP contribution is 1.97. The van der Waals surface area contributed by atoms with Gasteiger partial charge in [-0.2, -0.15) is 0 Å². The van der Waals surface area contributed by atoms with Crippen molar-refractivity contribution in [1.29, 1.82) is 0 Å². The van der Waals surface area contributed by atoms with Gasteiger partial charge in [-0.05, 0) is 26.1 Å². The van der Waals surface area contributed by atoms with Gasteiger partial charge in [0.05, 0.1) is 0 Å². The van der Waals surface area contributed by atoms with Crippen LogP contribution >= 0.6 is 0 Å². The van der Waals surface area contributed by atoms with Crippen LogP contribution in [0, 0.1) is 0 Å². The van der Waals surface area contributed by atoms with E-state index in [0.717, 1.165) is 13.1 Å². The molecule has 0 aromatic heterocycles. The molecule has 1 unspecified atom stereocenters. The van der Waals surface area contributed by atoms with Gasteiger partial charge < -0.3 is 0 Å². The highest BCUT2D eigenvalue weighted by molar-refractivity contribution is 4.87. The Kier molecular flexibility index (Phi) is 5.00. The normalized spacial score (nSPS) is 12.8. The maximum atomic E-state index is 3.54. The molecule has 0 radical (unpaired) electrons. The summed E-state index contributed by atoms with van der Waals surface area (Å²) in [6, 6.07) is 0.479. The quantitative estimate of drug-likeness (QED) is 0.539. The SMILES string of the molecule is C=C=CC(C)N(CC)CC. The van der Waals surface area contributed by atoms with Crippen LogP contribution in [0.4, 0.5) is 0 Å². The van der Waals surface area contributed by atoms with Gasteiger partial charge >= 0.3 is 0 Å². The first-order valence-corrected chi connectivity index (χ1v) is 3.86. The maximum Gasteiger partial charge on any atom is 0.0323 e. The second-order valence-electron chi connectivity index (χ2n) is 2.33. The van der Waals surface area contributed by atoms with E-state index in [1.165, 1.54) is 0 Å². The largest absolute Gasteiger partial charge is 0.297 e. The monoisotopic (exact) mass is 139 g/mol. The average molecular weight is 139 g/mol. The third kappa shape index (κ3) is 2.86. The van der Waals surface area contributed by atoms with E-state index in [0.29, 0.717) is 6.04 Å². The van der Waals surface area contributed by atoms with E-state index in [1.54, 1.807) is 0 Å². The first kappa shape index (κ1) is 9.48. The Morgan fingerprint density at radius 2 is 2.00 bits per heavy atom. The van der Waals surface area contributed by atoms with E-state index >= 15 is 0 Å². The number of likely N-dealkylation sites (N-methyl/N-ethyl adjacent to an activating group) is 1. The van der Waals surface area contributed by atoms with Crippen LogP contribution in [0.25, 0.3) is 0 Å². The molecule has 0 amide bonds. The van der Waals surface area contributed by atoms with Crippen molar-refractivity contribution in [3.8, 4) is 0 Å². The fourth-order valence-electron chi connectivity index (χ4n) is 1.08. The average Bonchev–Trinajstić information content (AvgIpc) is 1.91. The Labute approximate surface area is 64.0 Å². The molecular formula is C9H17N. The molecule has 0 saturated carbocycles. The Bertz CT molecular complexity index is 119. The molecule has 0 aliphatic carbocycles. The number of nitrogens with zero attached hydrogens (tertiary/aromatic N) is 1. The van der Waals surface area contributed by atoms with Crippen molar-refractivity contribution in [3.63, 3.8) is 0 Å². The van der Waals surface area contributed by atoms with E-state index in [-0.39, 0.29) is 0 Å². The first-order valence-electron chi connectivity index (χ1n) is 3.86. The standard InChI is InChI=1S/C9H17N/c1-5-8-9(4)10(6-2)7-3/h8-9H,1,6-7H2,2-4H3. The minimum atomic E-state index is 0.479. The van der Waals surface area contributed by atoms with Gasteiger partial charge in [-0.25, -0.2) is 0 Å². The van der Waals surface area contributed by atoms with Crippen molar-refractivity contribution < 1.29 is 0 Å². The molecule has 58 valence electrons. The summed E-state index contributed by atoms with van der Waals surface area (Å²) >= 11 is 0. The highest BCUT2D eigenvalue weighted by atomic mass is 15.1. The van der Waals surface area contributed by atoms with Gasteiger partial charge in [0, 0.05) is 6.04 Å². The van der Waals surface area contributed by atoms with Crippen molar-refractivity contribution in [2.75, 3.05) is 13.1 Å². The predicted octanol–water partition coefficient (Wildman–Crippen LogP) is 2.06. The molecule has 1 heteroatoms. The van der Waals surface area contributed by atoms with Crippen LogP contribution in [-0.4, -0.2) is 24.0 Å². The fourth-order valence-corrected chi connectivity index (χ4v) is 1.08. The highest BCUT2D eigenvalue weighted by Gasteiger charge is 2.04. The van der Waals surface area contributed by atoms with Crippen molar-refractivity contribution >= 4 is 0 Å². The lowest BCUT2D eigenvalue weighted by Crippen LogP contribution is -2.30. The summed E-state index contributed by atoms with van der Waals surface area (Å²) in [6.45, 7) is 12.2. The van der Waals surface area contributed by atoms with Gasteiger partial charge in [0.25, 0.3) is 0 Å². The van der Waals surface area contributed by atoms with Gasteiger partial charge in [0.1, 0.15) is 0 Å². The summed E-state index contributed by atoms with van der Waals surface area (Å²) in [5, 5.41) is 0. The zero-order chi connectivity index (χ0) is 7.98. The molecule has 0 aliphatic heterocycles. The van der Waals surface area contributed by atoms with Gasteiger partial charge in [0.15, 0.2) is 0 Å². The Hall–Kier alpha value is -0.520. The van der Waals surface area contributed by atoms with E-state index in [4.69, 9.17) is 0 Å². The topological polar surface area (TPSA) is 3.24 Å². The molecule has 0 saturated heterocycles. The lowest BCUT2D eigenvalue weighted by Gasteiger charge is -2.22. The summed E-state index contributed by atoms with van der Waals surface area (Å²) in [5.74, 6) is 0. The molecular weight excluding hydrogens is 122 g/mol. The molecule has 1 atom stereocenters. The molecule has 0 aromatic rings. The van der Waals surface area contributed by atoms with Crippen molar-refractivity contribution in [3.05, 3.63) is 18.4 Å². The fraction of sp³-hybridized carbons (Fsp3) is 0.667. The summed E-state index contributed by atoms with van der Waals surface area (Å²) in [7, 11) is 0. The van der Waals surface area contributed by atoms with Gasteiger partial charge in [-0.15, -0.1) is 5.73 Å². The van der Waals surface area contributed by atoms with E-state index < -0.39 is 0 Å². The second kappa shape index (κ2) is 5.28. The van der Waals surface area contributed by atoms with Crippen molar-refractivity contribution in [2.24, 2.45) is 0 Å². The van der Waals surface area contributed by atoms with Crippen molar-refractivity contribution in [2.45, 2.75) is 26.8 Å². The van der Waals surface area contributed by atoms with Crippen LogP contribution in [-0.2, 0) is 0 Å². The van der Waals surface area contributed by atoms with Crippen LogP contribution < -0.4 is 0 Å². The molecule has 0 aromatic carbocycles. The van der Waals surface area contributed by atoms with Crippen LogP contribution in [0.5, 0.6) is 0 Å². The van der Waals surface area contributed by atoms with E-state index in [2.05, 4.69) is 38.0 Å². The minimum absolute atomic E-state index is 0.479. The van der Waals surface area contributed by atoms with Crippen LogP contribution in [0.1, 0.15) is 20.8 Å². The zero-order valence-corrected chi connectivity index (χ0v) is 7.22. The zero-order valence-electron chi connectivity index (χ0n) is 7.22. The molecule has 0 heterocycles.